The first kappa shape index (κ1) is 20.7. The average Bonchev–Trinajstić information content (AvgIpc) is 2.84. The molecule has 0 unspecified atom stereocenters. The SMILES string of the molecule is COc1ccc(-c2ccc(C(C)(C)c3ccc(-c4ccc(OC)cc4)cc3)cc2)cc1. The molecule has 4 rings (SSSR count). The van der Waals surface area contributed by atoms with Crippen molar-refractivity contribution < 1.29 is 9.47 Å². The Morgan fingerprint density at radius 3 is 0.935 bits per heavy atom. The maximum absolute atomic E-state index is 5.26. The van der Waals surface area contributed by atoms with Crippen LogP contribution in [0.25, 0.3) is 22.3 Å². The molecule has 0 fully saturated rings. The van der Waals surface area contributed by atoms with Crippen molar-refractivity contribution in [3.63, 3.8) is 0 Å². The van der Waals surface area contributed by atoms with Crippen LogP contribution in [0.5, 0.6) is 11.5 Å². The van der Waals surface area contributed by atoms with Crippen LogP contribution in [0.4, 0.5) is 0 Å². The highest BCUT2D eigenvalue weighted by atomic mass is 16.5. The Morgan fingerprint density at radius 1 is 0.419 bits per heavy atom. The molecule has 2 nitrogen and oxygen atoms in total. The summed E-state index contributed by atoms with van der Waals surface area (Å²) in [6.45, 7) is 4.55. The lowest BCUT2D eigenvalue weighted by Gasteiger charge is -2.26. The molecule has 0 heterocycles. The molecule has 0 radical (unpaired) electrons. The molecule has 0 saturated heterocycles. The molecule has 4 aromatic rings. The first-order valence-electron chi connectivity index (χ1n) is 10.5. The third-order valence-electron chi connectivity index (χ3n) is 6.06. The predicted molar refractivity (Wildman–Crippen MR) is 129 cm³/mol. The largest absolute Gasteiger partial charge is 0.497 e. The fourth-order valence-electron chi connectivity index (χ4n) is 3.89. The summed E-state index contributed by atoms with van der Waals surface area (Å²) in [5, 5.41) is 0. The second kappa shape index (κ2) is 8.69. The van der Waals surface area contributed by atoms with E-state index in [9.17, 15) is 0 Å². The van der Waals surface area contributed by atoms with E-state index >= 15 is 0 Å². The zero-order valence-electron chi connectivity index (χ0n) is 18.6. The van der Waals surface area contributed by atoms with Gasteiger partial charge in [0, 0.05) is 5.41 Å². The Labute approximate surface area is 185 Å². The maximum Gasteiger partial charge on any atom is 0.118 e. The lowest BCUT2D eigenvalue weighted by Crippen LogP contribution is -2.18. The molecular formula is C29H28O2. The Bertz CT molecular complexity index is 1030. The van der Waals surface area contributed by atoms with Gasteiger partial charge in [-0.05, 0) is 57.6 Å². The standard InChI is InChI=1S/C29H28O2/c1-29(2,25-13-5-21(6-14-25)23-9-17-27(30-3)18-10-23)26-15-7-22(8-16-26)24-11-19-28(31-4)20-12-24/h5-20H,1-4H3. The summed E-state index contributed by atoms with van der Waals surface area (Å²) in [7, 11) is 3.38. The Kier molecular flexibility index (Phi) is 5.81. The maximum atomic E-state index is 5.26. The predicted octanol–water partition coefficient (Wildman–Crippen LogP) is 7.36. The summed E-state index contributed by atoms with van der Waals surface area (Å²) >= 11 is 0. The van der Waals surface area contributed by atoms with E-state index in [0.29, 0.717) is 0 Å². The lowest BCUT2D eigenvalue weighted by atomic mass is 9.77. The minimum atomic E-state index is -0.0864. The van der Waals surface area contributed by atoms with Crippen molar-refractivity contribution in [3.8, 4) is 33.8 Å². The molecule has 31 heavy (non-hydrogen) atoms. The van der Waals surface area contributed by atoms with Crippen molar-refractivity contribution in [2.24, 2.45) is 0 Å². The van der Waals surface area contributed by atoms with Crippen LogP contribution in [0.3, 0.4) is 0 Å². The fourth-order valence-corrected chi connectivity index (χ4v) is 3.89. The zero-order chi connectivity index (χ0) is 21.8. The van der Waals surface area contributed by atoms with E-state index in [4.69, 9.17) is 9.47 Å². The summed E-state index contributed by atoms with van der Waals surface area (Å²) in [6.07, 6.45) is 0. The van der Waals surface area contributed by atoms with Gasteiger partial charge in [0.1, 0.15) is 11.5 Å². The van der Waals surface area contributed by atoms with E-state index in [2.05, 4.69) is 86.6 Å². The van der Waals surface area contributed by atoms with Gasteiger partial charge in [0.15, 0.2) is 0 Å². The highest BCUT2D eigenvalue weighted by Crippen LogP contribution is 2.34. The molecule has 0 spiro atoms. The van der Waals surface area contributed by atoms with Crippen LogP contribution in [0.15, 0.2) is 97.1 Å². The lowest BCUT2D eigenvalue weighted by molar-refractivity contribution is 0.415. The molecule has 4 aromatic carbocycles. The quantitative estimate of drug-likeness (QED) is 0.332. The first-order chi connectivity index (χ1) is 15.0. The molecule has 0 aliphatic heterocycles. The summed E-state index contributed by atoms with van der Waals surface area (Å²) in [5.74, 6) is 1.75. The van der Waals surface area contributed by atoms with Gasteiger partial charge >= 0.3 is 0 Å². The molecule has 0 amide bonds. The second-order valence-electron chi connectivity index (χ2n) is 8.24. The summed E-state index contributed by atoms with van der Waals surface area (Å²) in [6, 6.07) is 34.1. The summed E-state index contributed by atoms with van der Waals surface area (Å²) in [4.78, 5) is 0. The molecule has 2 heteroatoms. The molecule has 0 saturated carbocycles. The molecule has 0 aliphatic rings. The molecule has 156 valence electrons. The minimum Gasteiger partial charge on any atom is -0.497 e. The Balaban J connectivity index is 1.55. The summed E-state index contributed by atoms with van der Waals surface area (Å²) < 4.78 is 10.5. The van der Waals surface area contributed by atoms with Crippen molar-refractivity contribution in [2.45, 2.75) is 19.3 Å². The fraction of sp³-hybridized carbons (Fsp3) is 0.172. The van der Waals surface area contributed by atoms with Crippen molar-refractivity contribution in [1.82, 2.24) is 0 Å². The third-order valence-corrected chi connectivity index (χ3v) is 6.06. The van der Waals surface area contributed by atoms with Crippen molar-refractivity contribution in [2.75, 3.05) is 14.2 Å². The van der Waals surface area contributed by atoms with Crippen molar-refractivity contribution in [1.29, 1.82) is 0 Å². The van der Waals surface area contributed by atoms with Crippen LogP contribution in [-0.4, -0.2) is 14.2 Å². The van der Waals surface area contributed by atoms with E-state index in [1.807, 2.05) is 24.3 Å². The van der Waals surface area contributed by atoms with Crippen LogP contribution in [-0.2, 0) is 5.41 Å². The normalized spacial score (nSPS) is 11.2. The topological polar surface area (TPSA) is 18.5 Å². The van der Waals surface area contributed by atoms with Crippen LogP contribution >= 0.6 is 0 Å². The first-order valence-corrected chi connectivity index (χ1v) is 10.5. The van der Waals surface area contributed by atoms with Gasteiger partial charge in [0.25, 0.3) is 0 Å². The molecular weight excluding hydrogens is 380 g/mol. The molecule has 0 bridgehead atoms. The third kappa shape index (κ3) is 4.34. The number of hydrogen-bond acceptors (Lipinski definition) is 2. The Morgan fingerprint density at radius 2 is 0.677 bits per heavy atom. The van der Waals surface area contributed by atoms with Crippen molar-refractivity contribution >= 4 is 0 Å². The summed E-state index contributed by atoms with van der Waals surface area (Å²) in [5.41, 5.74) is 7.29. The van der Waals surface area contributed by atoms with E-state index in [1.165, 1.54) is 33.4 Å². The van der Waals surface area contributed by atoms with Gasteiger partial charge in [-0.25, -0.2) is 0 Å². The van der Waals surface area contributed by atoms with E-state index in [-0.39, 0.29) is 5.41 Å². The van der Waals surface area contributed by atoms with E-state index < -0.39 is 0 Å². The number of benzene rings is 4. The van der Waals surface area contributed by atoms with Crippen LogP contribution in [0.2, 0.25) is 0 Å². The Hall–Kier alpha value is -3.52. The molecule has 0 aliphatic carbocycles. The second-order valence-corrected chi connectivity index (χ2v) is 8.24. The van der Waals surface area contributed by atoms with E-state index in [1.54, 1.807) is 14.2 Å². The van der Waals surface area contributed by atoms with E-state index in [0.717, 1.165) is 11.5 Å². The number of methoxy groups -OCH3 is 2. The van der Waals surface area contributed by atoms with Crippen LogP contribution in [0.1, 0.15) is 25.0 Å². The van der Waals surface area contributed by atoms with Gasteiger partial charge in [-0.2, -0.15) is 0 Å². The van der Waals surface area contributed by atoms with Crippen LogP contribution < -0.4 is 9.47 Å². The van der Waals surface area contributed by atoms with Gasteiger partial charge < -0.3 is 9.47 Å². The van der Waals surface area contributed by atoms with Gasteiger partial charge in [0.05, 0.1) is 14.2 Å². The van der Waals surface area contributed by atoms with Gasteiger partial charge in [-0.15, -0.1) is 0 Å². The smallest absolute Gasteiger partial charge is 0.118 e. The molecule has 0 N–H and O–H groups in total. The highest BCUT2D eigenvalue weighted by Gasteiger charge is 2.23. The zero-order valence-corrected chi connectivity index (χ0v) is 18.6. The van der Waals surface area contributed by atoms with Crippen molar-refractivity contribution in [3.05, 3.63) is 108 Å². The molecule has 0 atom stereocenters. The average molecular weight is 409 g/mol. The molecule has 0 aromatic heterocycles. The number of rotatable bonds is 6. The number of hydrogen-bond donors (Lipinski definition) is 0. The monoisotopic (exact) mass is 408 g/mol. The van der Waals surface area contributed by atoms with Crippen LogP contribution in [0, 0.1) is 0 Å². The van der Waals surface area contributed by atoms with Gasteiger partial charge in [0.2, 0.25) is 0 Å². The van der Waals surface area contributed by atoms with Gasteiger partial charge in [-0.3, -0.25) is 0 Å². The number of ether oxygens (including phenoxy) is 2. The van der Waals surface area contributed by atoms with Gasteiger partial charge in [-0.1, -0.05) is 86.6 Å². The highest BCUT2D eigenvalue weighted by molar-refractivity contribution is 5.66. The minimum absolute atomic E-state index is 0.0864.